The minimum absolute atomic E-state index is 0.0825. The third-order valence-electron chi connectivity index (χ3n) is 6.10. The Bertz CT molecular complexity index is 1190. The average molecular weight is 568 g/mol. The van der Waals surface area contributed by atoms with Gasteiger partial charge in [-0.2, -0.15) is 13.2 Å². The number of alkyl halides is 3. The van der Waals surface area contributed by atoms with Gasteiger partial charge in [0, 0.05) is 56.3 Å². The molecule has 3 N–H and O–H groups in total. The summed E-state index contributed by atoms with van der Waals surface area (Å²) in [5, 5.41) is 30.5. The largest absolute Gasteiger partial charge is 0.490 e. The van der Waals surface area contributed by atoms with E-state index in [-0.39, 0.29) is 17.4 Å². The molecule has 1 atom stereocenters. The minimum Gasteiger partial charge on any atom is -0.478 e. The number of carbonyl (C=O) groups is 2. The highest BCUT2D eigenvalue weighted by Crippen LogP contribution is 2.21. The molecule has 1 unspecified atom stereocenters. The summed E-state index contributed by atoms with van der Waals surface area (Å²) >= 11 is 0. The Morgan fingerprint density at radius 1 is 1.05 bits per heavy atom. The quantitative estimate of drug-likeness (QED) is 0.203. The topological polar surface area (TPSA) is 158 Å². The van der Waals surface area contributed by atoms with Crippen LogP contribution in [0.4, 0.5) is 30.2 Å². The maximum atomic E-state index is 11.1. The Kier molecular flexibility index (Phi) is 10.2. The van der Waals surface area contributed by atoms with Crippen LogP contribution in [0.2, 0.25) is 0 Å². The Balaban J connectivity index is 0.000000559. The number of aliphatic carboxylic acids is 1. The zero-order chi connectivity index (χ0) is 29.3. The predicted molar refractivity (Wildman–Crippen MR) is 139 cm³/mol. The van der Waals surface area contributed by atoms with E-state index in [1.807, 2.05) is 0 Å². The monoisotopic (exact) mass is 567 g/mol. The van der Waals surface area contributed by atoms with Crippen LogP contribution in [0.25, 0.3) is 0 Å². The van der Waals surface area contributed by atoms with Crippen LogP contribution >= 0.6 is 0 Å². The van der Waals surface area contributed by atoms with Crippen LogP contribution in [-0.2, 0) is 9.53 Å². The first-order valence-electron chi connectivity index (χ1n) is 12.2. The van der Waals surface area contributed by atoms with Gasteiger partial charge >= 0.3 is 18.1 Å². The summed E-state index contributed by atoms with van der Waals surface area (Å²) in [7, 11) is 0. The molecule has 0 radical (unpaired) electrons. The first-order chi connectivity index (χ1) is 18.9. The van der Waals surface area contributed by atoms with E-state index in [1.54, 1.807) is 36.4 Å². The summed E-state index contributed by atoms with van der Waals surface area (Å²) in [6, 6.07) is 13.2. The van der Waals surface area contributed by atoms with Crippen LogP contribution in [0, 0.1) is 10.1 Å². The fourth-order valence-corrected chi connectivity index (χ4v) is 3.98. The second-order valence-corrected chi connectivity index (χ2v) is 8.86. The third kappa shape index (κ3) is 8.83. The van der Waals surface area contributed by atoms with Crippen LogP contribution in [-0.4, -0.2) is 89.5 Å². The van der Waals surface area contributed by atoms with Gasteiger partial charge in [-0.3, -0.25) is 15.1 Å². The number of hydrogen-bond acceptors (Lipinski definition) is 7. The molecule has 0 amide bonds. The van der Waals surface area contributed by atoms with Crippen molar-refractivity contribution in [2.24, 2.45) is 4.99 Å². The Morgan fingerprint density at radius 3 is 2.12 bits per heavy atom. The van der Waals surface area contributed by atoms with Gasteiger partial charge in [-0.1, -0.05) is 0 Å². The molecule has 216 valence electrons. The number of anilines is 2. The van der Waals surface area contributed by atoms with Crippen LogP contribution in [0.5, 0.6) is 0 Å². The van der Waals surface area contributed by atoms with E-state index in [0.717, 1.165) is 63.0 Å². The first-order valence-corrected chi connectivity index (χ1v) is 12.2. The summed E-state index contributed by atoms with van der Waals surface area (Å²) in [6.45, 7) is 4.28. The lowest BCUT2D eigenvalue weighted by molar-refractivity contribution is -0.384. The number of rotatable bonds is 6. The number of nitrogens with zero attached hydrogens (tertiary/aromatic N) is 4. The number of non-ortho nitro benzene ring substituents is 1. The van der Waals surface area contributed by atoms with Crippen molar-refractivity contribution in [3.63, 3.8) is 0 Å². The van der Waals surface area contributed by atoms with Crippen molar-refractivity contribution in [3.8, 4) is 0 Å². The number of hydrogen-bond donors (Lipinski definition) is 3. The van der Waals surface area contributed by atoms with Gasteiger partial charge in [0.25, 0.3) is 5.69 Å². The SMILES string of the molecule is O=C(O)C(F)(F)F.O=C(O)c1ccc(NC(=NCC2CCCO2)N2CCN(c3ccc([N+](=O)[O-])cc3)CC2)cc1. The van der Waals surface area contributed by atoms with E-state index >= 15 is 0 Å². The molecule has 2 saturated heterocycles. The van der Waals surface area contributed by atoms with E-state index in [4.69, 9.17) is 24.7 Å². The number of halogens is 3. The van der Waals surface area contributed by atoms with Crippen LogP contribution in [0.3, 0.4) is 0 Å². The number of piperazine rings is 1. The number of ether oxygens (including phenoxy) is 1. The fourth-order valence-electron chi connectivity index (χ4n) is 3.98. The first kappa shape index (κ1) is 30.1. The molecule has 4 rings (SSSR count). The maximum Gasteiger partial charge on any atom is 0.490 e. The summed E-state index contributed by atoms with van der Waals surface area (Å²) in [6.07, 6.45) is -2.91. The predicted octanol–water partition coefficient (Wildman–Crippen LogP) is 3.70. The minimum atomic E-state index is -5.08. The van der Waals surface area contributed by atoms with E-state index in [2.05, 4.69) is 15.1 Å². The zero-order valence-corrected chi connectivity index (χ0v) is 21.2. The van der Waals surface area contributed by atoms with Gasteiger partial charge in [-0.05, 0) is 49.2 Å². The van der Waals surface area contributed by atoms with Gasteiger partial charge in [0.2, 0.25) is 0 Å². The van der Waals surface area contributed by atoms with Crippen molar-refractivity contribution >= 4 is 35.0 Å². The number of carboxylic acid groups (broad SMARTS) is 2. The molecule has 15 heteroatoms. The molecule has 2 fully saturated rings. The second-order valence-electron chi connectivity index (χ2n) is 8.86. The lowest BCUT2D eigenvalue weighted by Gasteiger charge is -2.37. The van der Waals surface area contributed by atoms with Crippen molar-refractivity contribution < 1.29 is 42.6 Å². The average Bonchev–Trinajstić information content (AvgIpc) is 3.45. The number of nitro groups is 1. The zero-order valence-electron chi connectivity index (χ0n) is 21.2. The van der Waals surface area contributed by atoms with Gasteiger partial charge in [0.05, 0.1) is 23.1 Å². The highest BCUT2D eigenvalue weighted by Gasteiger charge is 2.38. The molecule has 12 nitrogen and oxygen atoms in total. The van der Waals surface area contributed by atoms with Gasteiger partial charge < -0.3 is 30.1 Å². The van der Waals surface area contributed by atoms with Crippen molar-refractivity contribution in [2.75, 3.05) is 49.5 Å². The van der Waals surface area contributed by atoms with Gasteiger partial charge in [-0.25, -0.2) is 9.59 Å². The number of benzene rings is 2. The van der Waals surface area contributed by atoms with Crippen molar-refractivity contribution in [1.29, 1.82) is 0 Å². The standard InChI is InChI=1S/C23H27N5O5.C2HF3O2/c29-22(30)17-3-5-18(6-4-17)25-23(24-16-21-2-1-15-33-21)27-13-11-26(12-14-27)19-7-9-20(10-8-19)28(31)32;3-2(4,5)1(6)7/h3-10,21H,1-2,11-16H2,(H,24,25)(H,29,30);(H,6,7). The number of nitrogens with one attached hydrogen (secondary N) is 1. The van der Waals surface area contributed by atoms with Crippen LogP contribution in [0.15, 0.2) is 53.5 Å². The lowest BCUT2D eigenvalue weighted by Crippen LogP contribution is -2.51. The molecule has 40 heavy (non-hydrogen) atoms. The summed E-state index contributed by atoms with van der Waals surface area (Å²) in [5.74, 6) is -2.99. The van der Waals surface area contributed by atoms with Crippen LogP contribution in [0.1, 0.15) is 23.2 Å². The fraction of sp³-hybridized carbons (Fsp3) is 0.400. The molecular formula is C25H28F3N5O7. The van der Waals surface area contributed by atoms with E-state index in [1.165, 1.54) is 12.1 Å². The molecule has 0 aliphatic carbocycles. The molecule has 2 aliphatic heterocycles. The van der Waals surface area contributed by atoms with Crippen molar-refractivity contribution in [1.82, 2.24) is 4.90 Å². The van der Waals surface area contributed by atoms with Gasteiger partial charge in [-0.15, -0.1) is 0 Å². The van der Waals surface area contributed by atoms with Crippen LogP contribution < -0.4 is 10.2 Å². The maximum absolute atomic E-state index is 11.1. The second kappa shape index (κ2) is 13.6. The van der Waals surface area contributed by atoms with E-state index in [0.29, 0.717) is 6.54 Å². The lowest BCUT2D eigenvalue weighted by atomic mass is 10.2. The number of aromatic carboxylic acids is 1. The number of aliphatic imine (C=N–C) groups is 1. The summed E-state index contributed by atoms with van der Waals surface area (Å²) in [5.41, 5.74) is 2.04. The highest BCUT2D eigenvalue weighted by atomic mass is 19.4. The highest BCUT2D eigenvalue weighted by molar-refractivity contribution is 5.95. The Hall–Kier alpha value is -4.40. The molecule has 0 bridgehead atoms. The van der Waals surface area contributed by atoms with E-state index < -0.39 is 23.0 Å². The third-order valence-corrected chi connectivity index (χ3v) is 6.10. The summed E-state index contributed by atoms with van der Waals surface area (Å²) < 4.78 is 37.4. The normalized spacial score (nSPS) is 17.6. The number of guanidine groups is 1. The molecule has 2 aromatic carbocycles. The number of carboxylic acids is 2. The molecular weight excluding hydrogens is 539 g/mol. The molecule has 0 spiro atoms. The molecule has 0 aromatic heterocycles. The molecule has 2 heterocycles. The van der Waals surface area contributed by atoms with Gasteiger partial charge in [0.15, 0.2) is 5.96 Å². The molecule has 0 saturated carbocycles. The summed E-state index contributed by atoms with van der Waals surface area (Å²) in [4.78, 5) is 39.7. The Labute approximate surface area is 226 Å². The smallest absolute Gasteiger partial charge is 0.478 e. The van der Waals surface area contributed by atoms with Gasteiger partial charge in [0.1, 0.15) is 0 Å². The molecule has 2 aromatic rings. The Morgan fingerprint density at radius 2 is 1.65 bits per heavy atom. The number of nitro benzene ring substituents is 1. The molecule has 2 aliphatic rings. The van der Waals surface area contributed by atoms with Crippen molar-refractivity contribution in [2.45, 2.75) is 25.1 Å². The van der Waals surface area contributed by atoms with E-state index in [9.17, 15) is 28.1 Å². The van der Waals surface area contributed by atoms with Crippen molar-refractivity contribution in [3.05, 3.63) is 64.2 Å².